The monoisotopic (exact) mass is 406 g/mol. The second-order valence-corrected chi connectivity index (χ2v) is 8.15. The van der Waals surface area contributed by atoms with E-state index in [1.165, 1.54) is 4.57 Å². The molecule has 1 N–H and O–H groups in total. The molecule has 0 aliphatic carbocycles. The van der Waals surface area contributed by atoms with Crippen molar-refractivity contribution >= 4 is 39.7 Å². The number of carboxylic acids is 1. The molecular formula is C22H20N3O3S-. The number of nitrogens with one attached hydrogen (secondary N) is 1. The van der Waals surface area contributed by atoms with Crippen LogP contribution in [0.5, 0.6) is 0 Å². The molecule has 1 atom stereocenters. The number of aryl methyl sites for hydroxylation is 1. The number of para-hydroxylation sites is 1. The maximum atomic E-state index is 13.5. The Kier molecular flexibility index (Phi) is 4.92. The molecule has 2 aromatic carbocycles. The van der Waals surface area contributed by atoms with Crippen LogP contribution in [0, 0.1) is 13.8 Å². The Labute approximate surface area is 171 Å². The molecular weight excluding hydrogens is 386 g/mol. The molecule has 148 valence electrons. The van der Waals surface area contributed by atoms with Crippen molar-refractivity contribution < 1.29 is 9.90 Å². The highest BCUT2D eigenvalue weighted by Crippen LogP contribution is 2.30. The van der Waals surface area contributed by atoms with Gasteiger partial charge in [-0.15, -0.1) is 0 Å². The summed E-state index contributed by atoms with van der Waals surface area (Å²) < 4.78 is 1.51. The van der Waals surface area contributed by atoms with Crippen molar-refractivity contribution in [3.05, 3.63) is 63.9 Å². The smallest absolute Gasteiger partial charge is 0.283 e. The molecule has 2 aromatic heterocycles. The fourth-order valence-corrected chi connectivity index (χ4v) is 4.39. The van der Waals surface area contributed by atoms with Crippen molar-refractivity contribution in [2.45, 2.75) is 37.6 Å². The van der Waals surface area contributed by atoms with E-state index in [-0.39, 0.29) is 5.56 Å². The molecule has 29 heavy (non-hydrogen) atoms. The van der Waals surface area contributed by atoms with Crippen LogP contribution in [-0.2, 0) is 4.79 Å². The number of aromatic nitrogens is 3. The Balaban J connectivity index is 2.08. The van der Waals surface area contributed by atoms with E-state index in [0.29, 0.717) is 28.3 Å². The fourth-order valence-electron chi connectivity index (χ4n) is 3.44. The maximum Gasteiger partial charge on any atom is 0.283 e. The number of aliphatic carboxylic acids is 1. The van der Waals surface area contributed by atoms with E-state index in [1.54, 1.807) is 6.92 Å². The van der Waals surface area contributed by atoms with E-state index in [9.17, 15) is 14.7 Å². The number of carboxylic acid groups (broad SMARTS) is 1. The van der Waals surface area contributed by atoms with Crippen molar-refractivity contribution in [2.24, 2.45) is 0 Å². The van der Waals surface area contributed by atoms with Crippen molar-refractivity contribution in [1.82, 2.24) is 14.5 Å². The normalized spacial score (nSPS) is 12.5. The van der Waals surface area contributed by atoms with Gasteiger partial charge in [-0.2, -0.15) is 0 Å². The van der Waals surface area contributed by atoms with Crippen LogP contribution in [0.3, 0.4) is 0 Å². The van der Waals surface area contributed by atoms with Gasteiger partial charge in [0.1, 0.15) is 11.0 Å². The molecule has 0 unspecified atom stereocenters. The summed E-state index contributed by atoms with van der Waals surface area (Å²) in [6.07, 6.45) is 0.363. The molecule has 0 amide bonds. The zero-order valence-electron chi connectivity index (χ0n) is 16.4. The summed E-state index contributed by atoms with van der Waals surface area (Å²) in [5.74, 6) is -1.17. The zero-order valence-corrected chi connectivity index (χ0v) is 17.2. The van der Waals surface area contributed by atoms with E-state index in [2.05, 4.69) is 4.98 Å². The third-order valence-corrected chi connectivity index (χ3v) is 6.49. The number of carbonyl (C=O) groups excluding carboxylic acids is 1. The molecule has 0 aliphatic heterocycles. The van der Waals surface area contributed by atoms with Crippen molar-refractivity contribution in [1.29, 1.82) is 0 Å². The second-order valence-electron chi connectivity index (χ2n) is 6.98. The summed E-state index contributed by atoms with van der Waals surface area (Å²) in [6, 6.07) is 13.3. The second kappa shape index (κ2) is 7.40. The topological polar surface area (TPSA) is 90.8 Å². The van der Waals surface area contributed by atoms with Crippen LogP contribution >= 0.6 is 11.8 Å². The lowest BCUT2D eigenvalue weighted by molar-refractivity contribution is -0.304. The molecule has 4 aromatic rings. The van der Waals surface area contributed by atoms with Crippen LogP contribution in [-0.4, -0.2) is 25.8 Å². The number of hydrogen-bond acceptors (Lipinski definition) is 5. The minimum atomic E-state index is -1.17. The summed E-state index contributed by atoms with van der Waals surface area (Å²) in [7, 11) is 0. The largest absolute Gasteiger partial charge is 0.549 e. The quantitative estimate of drug-likeness (QED) is 0.406. The molecule has 0 aliphatic rings. The Morgan fingerprint density at radius 1 is 1.21 bits per heavy atom. The first-order valence-electron chi connectivity index (χ1n) is 9.40. The van der Waals surface area contributed by atoms with E-state index in [0.717, 1.165) is 33.8 Å². The number of fused-ring (bicyclic) bond motifs is 3. The SMILES string of the molecule is CC[C@H](Sc1nc2c([nH]c3ccccc32)c(=O)n1-c1cccc(C)c1C)C(=O)[O-]. The highest BCUT2D eigenvalue weighted by Gasteiger charge is 2.21. The first-order valence-corrected chi connectivity index (χ1v) is 10.3. The average molecular weight is 406 g/mol. The predicted molar refractivity (Wildman–Crippen MR) is 114 cm³/mol. The number of benzene rings is 2. The van der Waals surface area contributed by atoms with Crippen LogP contribution in [0.25, 0.3) is 27.6 Å². The van der Waals surface area contributed by atoms with E-state index >= 15 is 0 Å². The molecule has 7 heteroatoms. The molecule has 6 nitrogen and oxygen atoms in total. The first-order chi connectivity index (χ1) is 13.9. The summed E-state index contributed by atoms with van der Waals surface area (Å²) >= 11 is 1.05. The van der Waals surface area contributed by atoms with Gasteiger partial charge in [0, 0.05) is 10.9 Å². The van der Waals surface area contributed by atoms with E-state index < -0.39 is 11.2 Å². The van der Waals surface area contributed by atoms with Gasteiger partial charge >= 0.3 is 0 Å². The van der Waals surface area contributed by atoms with Gasteiger partial charge in [-0.25, -0.2) is 4.98 Å². The van der Waals surface area contributed by atoms with Gasteiger partial charge < -0.3 is 14.9 Å². The van der Waals surface area contributed by atoms with Gasteiger partial charge in [-0.05, 0) is 43.5 Å². The molecule has 0 bridgehead atoms. The predicted octanol–water partition coefficient (Wildman–Crippen LogP) is 3.10. The Morgan fingerprint density at radius 3 is 2.69 bits per heavy atom. The third kappa shape index (κ3) is 3.21. The fraction of sp³-hybridized carbons (Fsp3) is 0.227. The highest BCUT2D eigenvalue weighted by molar-refractivity contribution is 8.00. The standard InChI is InChI=1S/C22H21N3O3S/c1-4-17(21(27)28)29-22-24-18-14-9-5-6-10-15(14)23-19(18)20(26)25(22)16-11-7-8-12(2)13(16)3/h5-11,17,23H,4H2,1-3H3,(H,27,28)/p-1/t17-/m0/s1. The average Bonchev–Trinajstić information content (AvgIpc) is 3.08. The minimum Gasteiger partial charge on any atom is -0.549 e. The number of rotatable bonds is 5. The summed E-state index contributed by atoms with van der Waals surface area (Å²) in [6.45, 7) is 5.69. The summed E-state index contributed by atoms with van der Waals surface area (Å²) in [4.78, 5) is 33.0. The van der Waals surface area contributed by atoms with Gasteiger partial charge in [-0.3, -0.25) is 9.36 Å². The lowest BCUT2D eigenvalue weighted by Crippen LogP contribution is -2.34. The molecule has 0 saturated heterocycles. The van der Waals surface area contributed by atoms with Gasteiger partial charge in [0.15, 0.2) is 5.16 Å². The third-order valence-electron chi connectivity index (χ3n) is 5.19. The molecule has 0 spiro atoms. The van der Waals surface area contributed by atoms with Crippen LogP contribution in [0.15, 0.2) is 52.4 Å². The van der Waals surface area contributed by atoms with Crippen molar-refractivity contribution in [3.63, 3.8) is 0 Å². The van der Waals surface area contributed by atoms with Crippen molar-refractivity contribution in [2.75, 3.05) is 0 Å². The Hall–Kier alpha value is -3.06. The number of nitrogens with zero attached hydrogens (tertiary/aromatic N) is 2. The van der Waals surface area contributed by atoms with Gasteiger partial charge in [0.25, 0.3) is 5.56 Å². The van der Waals surface area contributed by atoms with Gasteiger partial charge in [-0.1, -0.05) is 49.0 Å². The van der Waals surface area contributed by atoms with E-state index in [4.69, 9.17) is 4.98 Å². The Bertz CT molecular complexity index is 1310. The van der Waals surface area contributed by atoms with Crippen LogP contribution in [0.2, 0.25) is 0 Å². The molecule has 4 rings (SSSR count). The number of H-pyrrole nitrogens is 1. The number of thioether (sulfide) groups is 1. The van der Waals surface area contributed by atoms with Crippen LogP contribution < -0.4 is 10.7 Å². The molecule has 0 fully saturated rings. The summed E-state index contributed by atoms with van der Waals surface area (Å²) in [5.41, 5.74) is 4.17. The van der Waals surface area contributed by atoms with Crippen molar-refractivity contribution in [3.8, 4) is 5.69 Å². The Morgan fingerprint density at radius 2 is 1.97 bits per heavy atom. The molecule has 0 saturated carbocycles. The first kappa shape index (κ1) is 19.3. The van der Waals surface area contributed by atoms with E-state index in [1.807, 2.05) is 56.3 Å². The number of hydrogen-bond donors (Lipinski definition) is 1. The van der Waals surface area contributed by atoms with Gasteiger partial charge in [0.05, 0.1) is 16.9 Å². The maximum absolute atomic E-state index is 13.5. The highest BCUT2D eigenvalue weighted by atomic mass is 32.2. The number of carbonyl (C=O) groups is 1. The lowest BCUT2D eigenvalue weighted by atomic mass is 10.1. The van der Waals surface area contributed by atoms with Crippen LogP contribution in [0.4, 0.5) is 0 Å². The zero-order chi connectivity index (χ0) is 20.7. The summed E-state index contributed by atoms with van der Waals surface area (Å²) in [5, 5.41) is 11.9. The lowest BCUT2D eigenvalue weighted by Gasteiger charge is -2.19. The molecule has 2 heterocycles. The molecule has 0 radical (unpaired) electrons. The van der Waals surface area contributed by atoms with Gasteiger partial charge in [0.2, 0.25) is 0 Å². The van der Waals surface area contributed by atoms with Crippen LogP contribution in [0.1, 0.15) is 24.5 Å². The number of aromatic amines is 1. The minimum absolute atomic E-state index is 0.254.